The molecule has 164 valence electrons. The van der Waals surface area contributed by atoms with E-state index >= 15 is 0 Å². The van der Waals surface area contributed by atoms with Crippen LogP contribution in [0.15, 0.2) is 47.6 Å². The highest BCUT2D eigenvalue weighted by Crippen LogP contribution is 2.39. The molecule has 1 amide bonds. The zero-order chi connectivity index (χ0) is 22.0. The molecule has 2 aliphatic heterocycles. The molecule has 2 aliphatic rings. The fourth-order valence-electron chi connectivity index (χ4n) is 4.29. The average molecular weight is 572 g/mol. The fourth-order valence-corrected chi connectivity index (χ4v) is 5.14. The van der Waals surface area contributed by atoms with Gasteiger partial charge in [0.2, 0.25) is 0 Å². The number of quaternary nitrogens is 1. The minimum atomic E-state index is -0.106. The summed E-state index contributed by atoms with van der Waals surface area (Å²) in [6, 6.07) is 13.6. The lowest BCUT2D eigenvalue weighted by atomic mass is 10.0. The minimum absolute atomic E-state index is 0.104. The van der Waals surface area contributed by atoms with E-state index in [0.29, 0.717) is 26.8 Å². The summed E-state index contributed by atoms with van der Waals surface area (Å²) in [6.07, 6.45) is 5.22. The number of carbonyl (C=O) groups is 1. The highest BCUT2D eigenvalue weighted by atomic mass is 127. The molecule has 2 heterocycles. The van der Waals surface area contributed by atoms with Crippen LogP contribution in [0.25, 0.3) is 0 Å². The molecule has 1 unspecified atom stereocenters. The van der Waals surface area contributed by atoms with Crippen LogP contribution in [0.1, 0.15) is 43.7 Å². The number of hydrogen-bond donors (Lipinski definition) is 1. The van der Waals surface area contributed by atoms with Gasteiger partial charge < -0.3 is 0 Å². The number of hydrazone groups is 1. The molecule has 1 N–H and O–H groups in total. The molecule has 1 fully saturated rings. The van der Waals surface area contributed by atoms with E-state index in [4.69, 9.17) is 28.3 Å². The van der Waals surface area contributed by atoms with Gasteiger partial charge in [-0.2, -0.15) is 10.5 Å². The highest BCUT2D eigenvalue weighted by Gasteiger charge is 2.36. The van der Waals surface area contributed by atoms with Crippen LogP contribution in [0.3, 0.4) is 0 Å². The predicted octanol–water partition coefficient (Wildman–Crippen LogP) is 5.96. The number of hydrogen-bond acceptors (Lipinski definition) is 3. The van der Waals surface area contributed by atoms with Crippen molar-refractivity contribution in [2.45, 2.75) is 38.1 Å². The first-order chi connectivity index (χ1) is 14.8. The lowest BCUT2D eigenvalue weighted by Crippen LogP contribution is -2.59. The molecule has 2 aromatic carbocycles. The zero-order valence-electron chi connectivity index (χ0n) is 17.5. The zero-order valence-corrected chi connectivity index (χ0v) is 21.1. The van der Waals surface area contributed by atoms with Gasteiger partial charge in [0, 0.05) is 15.0 Å². The Morgan fingerprint density at radius 2 is 1.77 bits per heavy atom. The Kier molecular flexibility index (Phi) is 7.10. The minimum Gasteiger partial charge on any atom is -0.263 e. The van der Waals surface area contributed by atoms with Gasteiger partial charge in [-0.25, -0.2) is 4.59 Å². The standard InChI is InChI=1S/C23H25Cl2IN4O/c1-30(12-4-2-3-5-13-30)28-23(31)20-15-22(16-6-9-18(26)10-7-16)29(27-20)21-11-8-17(24)14-19(21)25/h6-11,14,22H,2-5,12-13,15H2,1H3/p+1. The molecule has 4 rings (SSSR count). The number of anilines is 1. The van der Waals surface area contributed by atoms with Crippen LogP contribution < -0.4 is 10.4 Å². The van der Waals surface area contributed by atoms with E-state index in [2.05, 4.69) is 59.3 Å². The summed E-state index contributed by atoms with van der Waals surface area (Å²) in [4.78, 5) is 13.2. The fraction of sp³-hybridized carbons (Fsp3) is 0.391. The van der Waals surface area contributed by atoms with E-state index < -0.39 is 0 Å². The summed E-state index contributed by atoms with van der Waals surface area (Å²) in [6.45, 7) is 1.90. The third-order valence-corrected chi connectivity index (χ3v) is 7.27. The number of carbonyl (C=O) groups excluding carboxylic acids is 1. The SMILES string of the molecule is C[N+]1(NC(=O)C2=NN(c3ccc(Cl)cc3Cl)C(c3ccc(I)cc3)C2)CCCCCC1. The first-order valence-electron chi connectivity index (χ1n) is 10.6. The maximum absolute atomic E-state index is 13.2. The van der Waals surface area contributed by atoms with Crippen molar-refractivity contribution < 1.29 is 9.39 Å². The Morgan fingerprint density at radius 3 is 2.42 bits per heavy atom. The van der Waals surface area contributed by atoms with Crippen molar-refractivity contribution in [3.8, 4) is 0 Å². The molecule has 0 spiro atoms. The molecule has 0 aliphatic carbocycles. The summed E-state index contributed by atoms with van der Waals surface area (Å²) in [5.74, 6) is -0.104. The highest BCUT2D eigenvalue weighted by molar-refractivity contribution is 14.1. The number of amides is 1. The molecule has 8 heteroatoms. The van der Waals surface area contributed by atoms with Crippen molar-refractivity contribution >= 4 is 63.1 Å². The van der Waals surface area contributed by atoms with E-state index in [1.165, 1.54) is 12.8 Å². The van der Waals surface area contributed by atoms with Crippen molar-refractivity contribution in [3.63, 3.8) is 0 Å². The van der Waals surface area contributed by atoms with Gasteiger partial charge in [-0.1, -0.05) is 35.3 Å². The van der Waals surface area contributed by atoms with Crippen LogP contribution in [0, 0.1) is 3.57 Å². The van der Waals surface area contributed by atoms with Crippen LogP contribution in [0.2, 0.25) is 10.0 Å². The molecule has 0 saturated carbocycles. The second-order valence-electron chi connectivity index (χ2n) is 8.46. The van der Waals surface area contributed by atoms with Crippen LogP contribution in [-0.4, -0.2) is 36.3 Å². The largest absolute Gasteiger partial charge is 0.312 e. The van der Waals surface area contributed by atoms with Crippen LogP contribution >= 0.6 is 45.8 Å². The average Bonchev–Trinajstić information content (AvgIpc) is 3.05. The number of nitrogens with one attached hydrogen (secondary N) is 1. The van der Waals surface area contributed by atoms with Crippen molar-refractivity contribution in [2.24, 2.45) is 5.10 Å². The van der Waals surface area contributed by atoms with Crippen molar-refractivity contribution in [1.82, 2.24) is 5.43 Å². The number of halogens is 3. The van der Waals surface area contributed by atoms with Crippen LogP contribution in [-0.2, 0) is 4.79 Å². The smallest absolute Gasteiger partial charge is 0.263 e. The first kappa shape index (κ1) is 22.8. The third-order valence-electron chi connectivity index (χ3n) is 6.01. The number of rotatable bonds is 4. The van der Waals surface area contributed by atoms with E-state index in [1.807, 2.05) is 11.1 Å². The molecule has 0 aromatic heterocycles. The topological polar surface area (TPSA) is 44.7 Å². The van der Waals surface area contributed by atoms with Gasteiger partial charge in [-0.15, -0.1) is 0 Å². The Hall–Kier alpha value is -1.35. The maximum Gasteiger partial charge on any atom is 0.312 e. The first-order valence-corrected chi connectivity index (χ1v) is 12.4. The molecular weight excluding hydrogens is 546 g/mol. The summed E-state index contributed by atoms with van der Waals surface area (Å²) in [5, 5.41) is 7.69. The lowest BCUT2D eigenvalue weighted by molar-refractivity contribution is -0.942. The van der Waals surface area contributed by atoms with Crippen molar-refractivity contribution in [1.29, 1.82) is 0 Å². The Labute approximate surface area is 207 Å². The molecule has 31 heavy (non-hydrogen) atoms. The summed E-state index contributed by atoms with van der Waals surface area (Å²) < 4.78 is 1.72. The molecule has 1 atom stereocenters. The second kappa shape index (κ2) is 9.65. The van der Waals surface area contributed by atoms with E-state index in [1.54, 1.807) is 12.1 Å². The lowest BCUT2D eigenvalue weighted by Gasteiger charge is -2.32. The van der Waals surface area contributed by atoms with E-state index in [0.717, 1.165) is 40.8 Å². The quantitative estimate of drug-likeness (QED) is 0.364. The van der Waals surface area contributed by atoms with Gasteiger partial charge in [0.25, 0.3) is 0 Å². The third kappa shape index (κ3) is 5.35. The molecular formula is C23H26Cl2IN4O+. The maximum atomic E-state index is 13.2. The van der Waals surface area contributed by atoms with Gasteiger partial charge in [0.05, 0.1) is 23.8 Å². The van der Waals surface area contributed by atoms with Crippen molar-refractivity contribution in [3.05, 3.63) is 61.6 Å². The summed E-state index contributed by atoms with van der Waals surface area (Å²) >= 11 is 14.9. The Morgan fingerprint density at radius 1 is 1.10 bits per heavy atom. The van der Waals surface area contributed by atoms with Gasteiger partial charge in [-0.05, 0) is 84.2 Å². The summed E-state index contributed by atoms with van der Waals surface area (Å²) in [5.41, 5.74) is 5.60. The predicted molar refractivity (Wildman–Crippen MR) is 135 cm³/mol. The van der Waals surface area contributed by atoms with Crippen molar-refractivity contribution in [2.75, 3.05) is 25.1 Å². The Balaban J connectivity index is 1.63. The normalized spacial score (nSPS) is 20.8. The van der Waals surface area contributed by atoms with Crippen LogP contribution in [0.4, 0.5) is 5.69 Å². The van der Waals surface area contributed by atoms with Gasteiger partial charge in [0.15, 0.2) is 0 Å². The van der Waals surface area contributed by atoms with E-state index in [-0.39, 0.29) is 11.9 Å². The van der Waals surface area contributed by atoms with Gasteiger partial charge in [0.1, 0.15) is 18.8 Å². The van der Waals surface area contributed by atoms with Gasteiger partial charge >= 0.3 is 5.91 Å². The van der Waals surface area contributed by atoms with E-state index in [9.17, 15) is 4.79 Å². The monoisotopic (exact) mass is 571 g/mol. The second-order valence-corrected chi connectivity index (χ2v) is 10.5. The van der Waals surface area contributed by atoms with Crippen LogP contribution in [0.5, 0.6) is 0 Å². The number of nitrogens with zero attached hydrogens (tertiary/aromatic N) is 3. The number of likely N-dealkylation sites (tertiary alicyclic amines) is 1. The molecule has 0 bridgehead atoms. The molecule has 5 nitrogen and oxygen atoms in total. The summed E-state index contributed by atoms with van der Waals surface area (Å²) in [7, 11) is 2.10. The van der Waals surface area contributed by atoms with Gasteiger partial charge in [-0.3, -0.25) is 9.80 Å². The Bertz CT molecular complexity index is 988. The molecule has 0 radical (unpaired) electrons. The number of benzene rings is 2. The molecule has 1 saturated heterocycles. The molecule has 2 aromatic rings.